The van der Waals surface area contributed by atoms with Crippen molar-refractivity contribution in [2.45, 2.75) is 6.92 Å². The monoisotopic (exact) mass is 255 g/mol. The SMILES string of the molecule is Cc1ccc(C(=O)[O-])c(C(=O)Oc2ccccc2)c1. The second-order valence-electron chi connectivity index (χ2n) is 4.04. The van der Waals surface area contributed by atoms with Crippen LogP contribution in [0.1, 0.15) is 26.3 Å². The second-order valence-corrected chi connectivity index (χ2v) is 4.04. The number of ether oxygens (including phenoxy) is 1. The summed E-state index contributed by atoms with van der Waals surface area (Å²) in [5, 5.41) is 11.0. The molecule has 0 saturated heterocycles. The van der Waals surface area contributed by atoms with Gasteiger partial charge in [-0.05, 0) is 25.1 Å². The highest BCUT2D eigenvalue weighted by Gasteiger charge is 2.14. The smallest absolute Gasteiger partial charge is 0.344 e. The number of aryl methyl sites for hydroxylation is 1. The van der Waals surface area contributed by atoms with Gasteiger partial charge in [0, 0.05) is 5.56 Å². The zero-order chi connectivity index (χ0) is 13.8. The van der Waals surface area contributed by atoms with Crippen LogP contribution in [0.5, 0.6) is 5.75 Å². The zero-order valence-electron chi connectivity index (χ0n) is 10.3. The molecule has 0 aliphatic heterocycles. The highest BCUT2D eigenvalue weighted by Crippen LogP contribution is 2.16. The maximum absolute atomic E-state index is 12.0. The summed E-state index contributed by atoms with van der Waals surface area (Å²) in [6.45, 7) is 1.76. The van der Waals surface area contributed by atoms with Crippen molar-refractivity contribution in [2.24, 2.45) is 0 Å². The van der Waals surface area contributed by atoms with Crippen molar-refractivity contribution < 1.29 is 19.4 Å². The number of aromatic carboxylic acids is 1. The highest BCUT2D eigenvalue weighted by atomic mass is 16.5. The zero-order valence-corrected chi connectivity index (χ0v) is 10.3. The number of carboxylic acid groups (broad SMARTS) is 1. The third kappa shape index (κ3) is 2.98. The predicted octanol–water partition coefficient (Wildman–Crippen LogP) is 1.58. The molecule has 0 N–H and O–H groups in total. The van der Waals surface area contributed by atoms with Crippen molar-refractivity contribution in [1.82, 2.24) is 0 Å². The van der Waals surface area contributed by atoms with Crippen LogP contribution in [-0.4, -0.2) is 11.9 Å². The molecule has 0 fully saturated rings. The van der Waals surface area contributed by atoms with Gasteiger partial charge in [0.1, 0.15) is 5.75 Å². The van der Waals surface area contributed by atoms with Crippen molar-refractivity contribution in [3.8, 4) is 5.75 Å². The number of carboxylic acids is 1. The lowest BCUT2D eigenvalue weighted by molar-refractivity contribution is -0.255. The summed E-state index contributed by atoms with van der Waals surface area (Å²) in [5.74, 6) is -1.76. The standard InChI is InChI=1S/C15H12O4/c1-10-7-8-12(14(16)17)13(9-10)15(18)19-11-5-3-2-4-6-11/h2-9H,1H3,(H,16,17)/p-1. The van der Waals surface area contributed by atoms with Crippen molar-refractivity contribution in [2.75, 3.05) is 0 Å². The first-order valence-corrected chi connectivity index (χ1v) is 5.67. The maximum Gasteiger partial charge on any atom is 0.344 e. The van der Waals surface area contributed by atoms with Crippen molar-refractivity contribution in [3.63, 3.8) is 0 Å². The van der Waals surface area contributed by atoms with E-state index in [1.165, 1.54) is 12.1 Å². The molecule has 4 nitrogen and oxygen atoms in total. The molecule has 0 bridgehead atoms. The topological polar surface area (TPSA) is 66.4 Å². The molecule has 0 spiro atoms. The number of hydrogen-bond donors (Lipinski definition) is 0. The van der Waals surface area contributed by atoms with Gasteiger partial charge in [-0.25, -0.2) is 4.79 Å². The lowest BCUT2D eigenvalue weighted by Crippen LogP contribution is -2.26. The molecule has 0 aliphatic rings. The van der Waals surface area contributed by atoms with Crippen LogP contribution in [0.25, 0.3) is 0 Å². The number of carbonyl (C=O) groups excluding carboxylic acids is 2. The molecule has 19 heavy (non-hydrogen) atoms. The molecule has 0 radical (unpaired) electrons. The summed E-state index contributed by atoms with van der Waals surface area (Å²) in [4.78, 5) is 22.9. The van der Waals surface area contributed by atoms with Gasteiger partial charge in [-0.2, -0.15) is 0 Å². The number of rotatable bonds is 3. The Morgan fingerprint density at radius 1 is 1.00 bits per heavy atom. The Bertz CT molecular complexity index is 617. The average molecular weight is 255 g/mol. The van der Waals surface area contributed by atoms with Gasteiger partial charge in [0.15, 0.2) is 0 Å². The molecular weight excluding hydrogens is 244 g/mol. The largest absolute Gasteiger partial charge is 0.545 e. The van der Waals surface area contributed by atoms with E-state index in [1.807, 2.05) is 0 Å². The van der Waals surface area contributed by atoms with Crippen LogP contribution in [-0.2, 0) is 0 Å². The van der Waals surface area contributed by atoms with Crippen LogP contribution in [0.3, 0.4) is 0 Å². The molecule has 0 atom stereocenters. The first-order valence-electron chi connectivity index (χ1n) is 5.67. The Morgan fingerprint density at radius 3 is 2.32 bits per heavy atom. The van der Waals surface area contributed by atoms with Gasteiger partial charge in [0.25, 0.3) is 0 Å². The third-order valence-electron chi connectivity index (χ3n) is 2.57. The fourth-order valence-electron chi connectivity index (χ4n) is 1.66. The van der Waals surface area contributed by atoms with Crippen LogP contribution in [0.2, 0.25) is 0 Å². The van der Waals surface area contributed by atoms with Gasteiger partial charge in [0.05, 0.1) is 11.5 Å². The van der Waals surface area contributed by atoms with Crippen LogP contribution < -0.4 is 9.84 Å². The summed E-state index contributed by atoms with van der Waals surface area (Å²) < 4.78 is 5.12. The molecule has 2 aromatic rings. The Labute approximate surface area is 110 Å². The van der Waals surface area contributed by atoms with E-state index in [2.05, 4.69) is 0 Å². The number of carbonyl (C=O) groups is 2. The van der Waals surface area contributed by atoms with E-state index in [1.54, 1.807) is 43.3 Å². The third-order valence-corrected chi connectivity index (χ3v) is 2.57. The average Bonchev–Trinajstić information content (AvgIpc) is 2.39. The molecule has 4 heteroatoms. The molecule has 0 saturated carbocycles. The van der Waals surface area contributed by atoms with Gasteiger partial charge in [-0.3, -0.25) is 0 Å². The molecule has 0 aromatic heterocycles. The highest BCUT2D eigenvalue weighted by molar-refractivity contribution is 6.02. The molecule has 0 amide bonds. The van der Waals surface area contributed by atoms with E-state index in [0.29, 0.717) is 5.75 Å². The fraction of sp³-hybridized carbons (Fsp3) is 0.0667. The molecular formula is C15H11O4-. The van der Waals surface area contributed by atoms with E-state index in [-0.39, 0.29) is 11.1 Å². The lowest BCUT2D eigenvalue weighted by Gasteiger charge is -2.10. The fourth-order valence-corrected chi connectivity index (χ4v) is 1.66. The minimum Gasteiger partial charge on any atom is -0.545 e. The van der Waals surface area contributed by atoms with Gasteiger partial charge in [0.2, 0.25) is 0 Å². The van der Waals surface area contributed by atoms with Crippen LogP contribution in [0, 0.1) is 6.92 Å². The summed E-state index contributed by atoms with van der Waals surface area (Å²) >= 11 is 0. The van der Waals surface area contributed by atoms with Crippen molar-refractivity contribution in [3.05, 3.63) is 65.2 Å². The number of esters is 1. The van der Waals surface area contributed by atoms with Crippen LogP contribution in [0.15, 0.2) is 48.5 Å². The summed E-state index contributed by atoms with van der Waals surface area (Å²) in [5.41, 5.74) is 0.584. The van der Waals surface area contributed by atoms with E-state index in [0.717, 1.165) is 5.56 Å². The number of para-hydroxylation sites is 1. The normalized spacial score (nSPS) is 9.95. The van der Waals surface area contributed by atoms with E-state index in [9.17, 15) is 14.7 Å². The van der Waals surface area contributed by atoms with Crippen LogP contribution in [0.4, 0.5) is 0 Å². The van der Waals surface area contributed by atoms with Gasteiger partial charge < -0.3 is 14.6 Å². The van der Waals surface area contributed by atoms with Gasteiger partial charge >= 0.3 is 5.97 Å². The first-order chi connectivity index (χ1) is 9.08. The summed E-state index contributed by atoms with van der Waals surface area (Å²) in [7, 11) is 0. The molecule has 0 unspecified atom stereocenters. The van der Waals surface area contributed by atoms with E-state index < -0.39 is 11.9 Å². The maximum atomic E-state index is 12.0. The summed E-state index contributed by atoms with van der Waals surface area (Å²) in [6.07, 6.45) is 0. The number of hydrogen-bond acceptors (Lipinski definition) is 4. The van der Waals surface area contributed by atoms with Crippen LogP contribution >= 0.6 is 0 Å². The second kappa shape index (κ2) is 5.35. The Balaban J connectivity index is 2.33. The number of benzene rings is 2. The van der Waals surface area contributed by atoms with Crippen molar-refractivity contribution >= 4 is 11.9 Å². The predicted molar refractivity (Wildman–Crippen MR) is 66.9 cm³/mol. The first kappa shape index (κ1) is 12.8. The van der Waals surface area contributed by atoms with E-state index in [4.69, 9.17) is 4.74 Å². The minimum atomic E-state index is -1.40. The quantitative estimate of drug-likeness (QED) is 0.617. The molecule has 0 aliphatic carbocycles. The Morgan fingerprint density at radius 2 is 1.68 bits per heavy atom. The van der Waals surface area contributed by atoms with E-state index >= 15 is 0 Å². The van der Waals surface area contributed by atoms with Gasteiger partial charge in [-0.15, -0.1) is 0 Å². The molecule has 0 heterocycles. The van der Waals surface area contributed by atoms with Crippen molar-refractivity contribution in [1.29, 1.82) is 0 Å². The molecule has 2 rings (SSSR count). The molecule has 96 valence electrons. The molecule has 2 aromatic carbocycles. The minimum absolute atomic E-state index is 0.0103. The Kier molecular flexibility index (Phi) is 3.61. The Hall–Kier alpha value is -2.62. The lowest BCUT2D eigenvalue weighted by atomic mass is 10.0. The summed E-state index contributed by atoms with van der Waals surface area (Å²) in [6, 6.07) is 12.9. The van der Waals surface area contributed by atoms with Gasteiger partial charge in [-0.1, -0.05) is 35.9 Å².